The molecule has 2 aromatic rings. The summed E-state index contributed by atoms with van der Waals surface area (Å²) in [4.78, 5) is 26.4. The van der Waals surface area contributed by atoms with Gasteiger partial charge in [0.1, 0.15) is 6.54 Å². The molecule has 2 aliphatic rings. The minimum Gasteiger partial charge on any atom is -0.390 e. The van der Waals surface area contributed by atoms with Gasteiger partial charge >= 0.3 is 0 Å². The Morgan fingerprint density at radius 2 is 1.80 bits per heavy atom. The number of hydrogen-bond donors (Lipinski definition) is 2. The summed E-state index contributed by atoms with van der Waals surface area (Å²) in [6.45, 7) is -0.0266. The van der Waals surface area contributed by atoms with Gasteiger partial charge in [-0.1, -0.05) is 42.5 Å². The Kier molecular flexibility index (Phi) is 4.01. The highest BCUT2D eigenvalue weighted by Crippen LogP contribution is 2.31. The molecule has 5 heteroatoms. The summed E-state index contributed by atoms with van der Waals surface area (Å²) in [5.41, 5.74) is 3.90. The molecule has 1 aliphatic heterocycles. The number of hydrogen-bond acceptors (Lipinski definition) is 3. The van der Waals surface area contributed by atoms with Crippen LogP contribution in [-0.2, 0) is 22.4 Å². The molecule has 1 aliphatic carbocycles. The maximum absolute atomic E-state index is 12.6. The fraction of sp³-hybridized carbons (Fsp3) is 0.300. The number of aliphatic hydroxyl groups excluding tert-OH is 1. The summed E-state index contributed by atoms with van der Waals surface area (Å²) in [6.07, 6.45) is 1.03. The second-order valence-electron chi connectivity index (χ2n) is 6.62. The van der Waals surface area contributed by atoms with E-state index in [0.29, 0.717) is 19.3 Å². The van der Waals surface area contributed by atoms with Gasteiger partial charge in [-0.25, -0.2) is 0 Å². The van der Waals surface area contributed by atoms with Crippen LogP contribution in [0.25, 0.3) is 0 Å². The third kappa shape index (κ3) is 2.91. The lowest BCUT2D eigenvalue weighted by molar-refractivity contribution is -0.125. The number of amides is 2. The molecule has 2 amide bonds. The van der Waals surface area contributed by atoms with Crippen LogP contribution in [0.3, 0.4) is 0 Å². The fourth-order valence-electron chi connectivity index (χ4n) is 3.78. The summed E-state index contributed by atoms with van der Waals surface area (Å²) < 4.78 is 0. The lowest BCUT2D eigenvalue weighted by Gasteiger charge is -2.29. The molecule has 2 atom stereocenters. The molecule has 1 heterocycles. The summed E-state index contributed by atoms with van der Waals surface area (Å²) in [7, 11) is 0. The van der Waals surface area contributed by atoms with Crippen molar-refractivity contribution in [3.8, 4) is 0 Å². The Bertz CT molecular complexity index is 833. The van der Waals surface area contributed by atoms with Gasteiger partial charge in [-0.3, -0.25) is 9.59 Å². The maximum atomic E-state index is 12.6. The zero-order chi connectivity index (χ0) is 17.4. The van der Waals surface area contributed by atoms with E-state index in [1.165, 1.54) is 0 Å². The largest absolute Gasteiger partial charge is 0.390 e. The first kappa shape index (κ1) is 15.8. The first-order valence-corrected chi connectivity index (χ1v) is 8.57. The summed E-state index contributed by atoms with van der Waals surface area (Å²) in [5, 5.41) is 13.2. The van der Waals surface area contributed by atoms with Crippen LogP contribution in [0.1, 0.15) is 29.2 Å². The van der Waals surface area contributed by atoms with Crippen LogP contribution in [0.15, 0.2) is 48.5 Å². The van der Waals surface area contributed by atoms with Gasteiger partial charge in [-0.2, -0.15) is 0 Å². The van der Waals surface area contributed by atoms with Gasteiger partial charge < -0.3 is 15.3 Å². The van der Waals surface area contributed by atoms with Gasteiger partial charge in [0.05, 0.1) is 12.1 Å². The molecular formula is C20H20N2O3. The molecule has 2 aromatic carbocycles. The minimum absolute atomic E-state index is 0.0266. The molecule has 0 unspecified atom stereocenters. The molecule has 128 valence electrons. The SMILES string of the molecule is O=C(CN1C(=O)CCc2ccccc21)N[C@@H]1c2ccccc2C[C@@H]1O. The Labute approximate surface area is 146 Å². The van der Waals surface area contributed by atoms with E-state index >= 15 is 0 Å². The summed E-state index contributed by atoms with van der Waals surface area (Å²) >= 11 is 0. The first-order chi connectivity index (χ1) is 12.1. The van der Waals surface area contributed by atoms with Crippen molar-refractivity contribution in [3.63, 3.8) is 0 Å². The van der Waals surface area contributed by atoms with Crippen molar-refractivity contribution in [2.45, 2.75) is 31.4 Å². The lowest BCUT2D eigenvalue weighted by Crippen LogP contribution is -2.45. The van der Waals surface area contributed by atoms with Crippen molar-refractivity contribution in [1.82, 2.24) is 5.32 Å². The molecule has 0 bridgehead atoms. The van der Waals surface area contributed by atoms with Crippen LogP contribution < -0.4 is 10.2 Å². The standard InChI is InChI=1S/C20H20N2O3/c23-17-11-14-6-1-3-7-15(14)20(17)21-18(24)12-22-16-8-4-2-5-13(16)9-10-19(22)25/h1-8,17,20,23H,9-12H2,(H,21,24)/t17-,20+/m0/s1. The third-order valence-electron chi connectivity index (χ3n) is 5.01. The molecule has 5 nitrogen and oxygen atoms in total. The Hall–Kier alpha value is -2.66. The van der Waals surface area contributed by atoms with Crippen LogP contribution in [0.2, 0.25) is 0 Å². The van der Waals surface area contributed by atoms with E-state index in [0.717, 1.165) is 22.4 Å². The van der Waals surface area contributed by atoms with E-state index in [-0.39, 0.29) is 18.4 Å². The van der Waals surface area contributed by atoms with E-state index in [2.05, 4.69) is 5.32 Å². The second-order valence-corrected chi connectivity index (χ2v) is 6.62. The first-order valence-electron chi connectivity index (χ1n) is 8.57. The van der Waals surface area contributed by atoms with Crippen LogP contribution >= 0.6 is 0 Å². The molecule has 0 spiro atoms. The number of carbonyl (C=O) groups excluding carboxylic acids is 2. The second kappa shape index (κ2) is 6.33. The van der Waals surface area contributed by atoms with Gasteiger partial charge in [-0.05, 0) is 29.2 Å². The number of anilines is 1. The highest BCUT2D eigenvalue weighted by molar-refractivity contribution is 6.01. The van der Waals surface area contributed by atoms with Gasteiger partial charge in [0.15, 0.2) is 0 Å². The van der Waals surface area contributed by atoms with Crippen LogP contribution in [0, 0.1) is 0 Å². The Morgan fingerprint density at radius 3 is 2.64 bits per heavy atom. The lowest BCUT2D eigenvalue weighted by atomic mass is 10.0. The fourth-order valence-corrected chi connectivity index (χ4v) is 3.78. The number of aliphatic hydroxyl groups is 1. The van der Waals surface area contributed by atoms with E-state index in [4.69, 9.17) is 0 Å². The molecule has 0 radical (unpaired) electrons. The number of nitrogens with zero attached hydrogens (tertiary/aromatic N) is 1. The van der Waals surface area contributed by atoms with Gasteiger partial charge in [0.25, 0.3) is 0 Å². The Morgan fingerprint density at radius 1 is 1.08 bits per heavy atom. The van der Waals surface area contributed by atoms with Crippen molar-refractivity contribution in [2.24, 2.45) is 0 Å². The number of aryl methyl sites for hydroxylation is 1. The number of carbonyl (C=O) groups is 2. The van der Waals surface area contributed by atoms with Gasteiger partial charge in [0.2, 0.25) is 11.8 Å². The summed E-state index contributed by atoms with van der Waals surface area (Å²) in [5.74, 6) is -0.299. The minimum atomic E-state index is -0.634. The Balaban J connectivity index is 1.51. The van der Waals surface area contributed by atoms with Gasteiger partial charge in [-0.15, -0.1) is 0 Å². The zero-order valence-electron chi connectivity index (χ0n) is 13.8. The monoisotopic (exact) mass is 336 g/mol. The number of para-hydroxylation sites is 1. The molecule has 0 saturated heterocycles. The van der Waals surface area contributed by atoms with E-state index < -0.39 is 12.1 Å². The molecule has 0 aromatic heterocycles. The average molecular weight is 336 g/mol. The molecule has 4 rings (SSSR count). The van der Waals surface area contributed by atoms with Crippen molar-refractivity contribution in [1.29, 1.82) is 0 Å². The molecule has 0 fully saturated rings. The van der Waals surface area contributed by atoms with E-state index in [1.54, 1.807) is 4.90 Å². The predicted molar refractivity (Wildman–Crippen MR) is 94.2 cm³/mol. The number of nitrogens with one attached hydrogen (secondary N) is 1. The van der Waals surface area contributed by atoms with Crippen LogP contribution in [0.4, 0.5) is 5.69 Å². The van der Waals surface area contributed by atoms with E-state index in [9.17, 15) is 14.7 Å². The van der Waals surface area contributed by atoms with Crippen molar-refractivity contribution in [3.05, 3.63) is 65.2 Å². The van der Waals surface area contributed by atoms with Crippen molar-refractivity contribution < 1.29 is 14.7 Å². The summed E-state index contributed by atoms with van der Waals surface area (Å²) in [6, 6.07) is 15.0. The average Bonchev–Trinajstić information content (AvgIpc) is 2.93. The molecule has 25 heavy (non-hydrogen) atoms. The van der Waals surface area contributed by atoms with Crippen molar-refractivity contribution in [2.75, 3.05) is 11.4 Å². The normalized spacial score (nSPS) is 21.6. The smallest absolute Gasteiger partial charge is 0.240 e. The van der Waals surface area contributed by atoms with Gasteiger partial charge in [0, 0.05) is 18.5 Å². The van der Waals surface area contributed by atoms with Crippen LogP contribution in [0.5, 0.6) is 0 Å². The molecule has 0 saturated carbocycles. The highest BCUT2D eigenvalue weighted by Gasteiger charge is 2.33. The maximum Gasteiger partial charge on any atom is 0.240 e. The van der Waals surface area contributed by atoms with Crippen LogP contribution in [-0.4, -0.2) is 29.6 Å². The number of rotatable bonds is 3. The van der Waals surface area contributed by atoms with E-state index in [1.807, 2.05) is 48.5 Å². The highest BCUT2D eigenvalue weighted by atomic mass is 16.3. The number of fused-ring (bicyclic) bond motifs is 2. The molecular weight excluding hydrogens is 316 g/mol. The predicted octanol–water partition coefficient (Wildman–Crippen LogP) is 1.74. The quantitative estimate of drug-likeness (QED) is 0.897. The third-order valence-corrected chi connectivity index (χ3v) is 5.01. The zero-order valence-corrected chi connectivity index (χ0v) is 13.8. The number of benzene rings is 2. The molecule has 2 N–H and O–H groups in total. The van der Waals surface area contributed by atoms with Crippen molar-refractivity contribution >= 4 is 17.5 Å². The topological polar surface area (TPSA) is 69.6 Å².